The molecule has 1 fully saturated rings. The van der Waals surface area contributed by atoms with Crippen LogP contribution in [0.5, 0.6) is 0 Å². The van der Waals surface area contributed by atoms with Crippen LogP contribution in [-0.2, 0) is 9.59 Å². The quantitative estimate of drug-likeness (QED) is 0.645. The number of aryl methyl sites for hydroxylation is 1. The summed E-state index contributed by atoms with van der Waals surface area (Å²) in [6, 6.07) is 0. The van der Waals surface area contributed by atoms with Gasteiger partial charge in [0.1, 0.15) is 11.1 Å². The first kappa shape index (κ1) is 11.4. The van der Waals surface area contributed by atoms with Crippen molar-refractivity contribution >= 4 is 41.2 Å². The van der Waals surface area contributed by atoms with Gasteiger partial charge in [-0.15, -0.1) is 16.9 Å². The van der Waals surface area contributed by atoms with E-state index in [1.54, 1.807) is 6.08 Å². The molecule has 1 aromatic heterocycles. The Morgan fingerprint density at radius 2 is 2.39 bits per heavy atom. The van der Waals surface area contributed by atoms with Gasteiger partial charge in [-0.05, 0) is 24.5 Å². The van der Waals surface area contributed by atoms with Crippen LogP contribution >= 0.6 is 23.3 Å². The van der Waals surface area contributed by atoms with E-state index in [-0.39, 0.29) is 17.0 Å². The van der Waals surface area contributed by atoms with E-state index in [4.69, 9.17) is 5.11 Å². The van der Waals surface area contributed by atoms with Gasteiger partial charge in [-0.25, -0.2) is 4.79 Å². The van der Waals surface area contributed by atoms with Crippen molar-refractivity contribution in [2.45, 2.75) is 12.3 Å². The summed E-state index contributed by atoms with van der Waals surface area (Å²) in [5.41, 5.74) is 1.42. The third kappa shape index (κ3) is 1.49. The number of rotatable bonds is 2. The number of carbonyl (C=O) groups is 2. The van der Waals surface area contributed by atoms with Crippen molar-refractivity contribution in [2.24, 2.45) is 0 Å². The fraction of sp³-hybridized carbons (Fsp3) is 0.200. The van der Waals surface area contributed by atoms with E-state index in [0.717, 1.165) is 10.6 Å². The molecule has 0 saturated carbocycles. The second-order valence-corrected chi connectivity index (χ2v) is 5.53. The Labute approximate surface area is 110 Å². The van der Waals surface area contributed by atoms with Gasteiger partial charge in [-0.1, -0.05) is 4.49 Å². The largest absolute Gasteiger partial charge is 0.477 e. The van der Waals surface area contributed by atoms with E-state index in [2.05, 4.69) is 9.59 Å². The Bertz CT molecular complexity index is 620. The lowest BCUT2D eigenvalue weighted by Gasteiger charge is -2.37. The van der Waals surface area contributed by atoms with Gasteiger partial charge in [-0.3, -0.25) is 9.69 Å². The molecule has 0 aromatic carbocycles. The smallest absolute Gasteiger partial charge is 0.353 e. The van der Waals surface area contributed by atoms with Crippen LogP contribution in [0.15, 0.2) is 16.7 Å². The van der Waals surface area contributed by atoms with Crippen molar-refractivity contribution in [2.75, 3.05) is 0 Å². The standard InChI is InChI=1S/C10H7N3O3S2/c1-4-7(18-12-11-4)2-5-8(14)13-6(10(15)16)3-17-9(5)13/h2-3,9H,1H3,(H,15,16)/b5-2+/t9-/m0/s1. The third-order valence-electron chi connectivity index (χ3n) is 2.73. The average Bonchev–Trinajstić information content (AvgIpc) is 2.90. The number of hydrogen-bond acceptors (Lipinski definition) is 6. The van der Waals surface area contributed by atoms with E-state index < -0.39 is 5.97 Å². The summed E-state index contributed by atoms with van der Waals surface area (Å²) in [6.07, 6.45) is 1.75. The molecule has 8 heteroatoms. The van der Waals surface area contributed by atoms with E-state index >= 15 is 0 Å². The van der Waals surface area contributed by atoms with Gasteiger partial charge in [0, 0.05) is 5.41 Å². The molecule has 2 aliphatic rings. The van der Waals surface area contributed by atoms with Crippen LogP contribution in [0.3, 0.4) is 0 Å². The third-order valence-corrected chi connectivity index (χ3v) is 4.58. The summed E-state index contributed by atoms with van der Waals surface area (Å²) in [4.78, 5) is 24.9. The zero-order chi connectivity index (χ0) is 12.9. The maximum absolute atomic E-state index is 11.9. The van der Waals surface area contributed by atoms with Gasteiger partial charge in [0.15, 0.2) is 0 Å². The highest BCUT2D eigenvalue weighted by Crippen LogP contribution is 2.45. The minimum Gasteiger partial charge on any atom is -0.477 e. The van der Waals surface area contributed by atoms with Crippen molar-refractivity contribution in [3.63, 3.8) is 0 Å². The van der Waals surface area contributed by atoms with Crippen LogP contribution in [-0.4, -0.2) is 36.8 Å². The lowest BCUT2D eigenvalue weighted by molar-refractivity contribution is -0.141. The fourth-order valence-corrected chi connectivity index (χ4v) is 3.50. The summed E-state index contributed by atoms with van der Waals surface area (Å²) in [7, 11) is 0. The topological polar surface area (TPSA) is 83.4 Å². The molecule has 2 aliphatic heterocycles. The molecule has 3 rings (SSSR count). The maximum atomic E-state index is 11.9. The molecule has 1 N–H and O–H groups in total. The van der Waals surface area contributed by atoms with Crippen LogP contribution in [0.2, 0.25) is 0 Å². The second kappa shape index (κ2) is 3.92. The first-order valence-electron chi connectivity index (χ1n) is 5.02. The predicted octanol–water partition coefficient (Wildman–Crippen LogP) is 1.07. The Balaban J connectivity index is 1.89. The number of hydrogen-bond donors (Lipinski definition) is 1. The lowest BCUT2D eigenvalue weighted by atomic mass is 10.0. The SMILES string of the molecule is Cc1nnsc1/C=C1\C(=O)N2C(C(=O)O)=CS[C@@H]12. The zero-order valence-electron chi connectivity index (χ0n) is 9.15. The molecule has 1 amide bonds. The average molecular weight is 281 g/mol. The molecule has 1 atom stereocenters. The van der Waals surface area contributed by atoms with Gasteiger partial charge in [0.2, 0.25) is 0 Å². The lowest BCUT2D eigenvalue weighted by Crippen LogP contribution is -2.51. The van der Waals surface area contributed by atoms with Crippen LogP contribution in [0.1, 0.15) is 10.6 Å². The molecule has 1 aromatic rings. The number of aliphatic carboxylic acids is 1. The van der Waals surface area contributed by atoms with E-state index in [9.17, 15) is 9.59 Å². The molecule has 0 radical (unpaired) electrons. The molecule has 92 valence electrons. The highest BCUT2D eigenvalue weighted by atomic mass is 32.2. The van der Waals surface area contributed by atoms with Crippen molar-refractivity contribution < 1.29 is 14.7 Å². The minimum absolute atomic E-state index is 0.0475. The highest BCUT2D eigenvalue weighted by Gasteiger charge is 2.49. The van der Waals surface area contributed by atoms with E-state index in [0.29, 0.717) is 5.57 Å². The Kier molecular flexibility index (Phi) is 2.49. The molecule has 0 spiro atoms. The molecule has 1 saturated heterocycles. The number of thioether (sulfide) groups is 1. The first-order valence-corrected chi connectivity index (χ1v) is 6.74. The summed E-state index contributed by atoms with van der Waals surface area (Å²) in [5, 5.41) is 14.1. The monoisotopic (exact) mass is 281 g/mol. The number of carbonyl (C=O) groups excluding carboxylic acids is 1. The van der Waals surface area contributed by atoms with Crippen LogP contribution in [0.25, 0.3) is 6.08 Å². The zero-order valence-corrected chi connectivity index (χ0v) is 10.8. The summed E-state index contributed by atoms with van der Waals surface area (Å²) in [6.45, 7) is 1.82. The first-order chi connectivity index (χ1) is 8.59. The number of carboxylic acids is 1. The molecule has 0 bridgehead atoms. The van der Waals surface area contributed by atoms with Gasteiger partial charge in [-0.2, -0.15) is 0 Å². The van der Waals surface area contributed by atoms with Gasteiger partial charge in [0.05, 0.1) is 16.1 Å². The van der Waals surface area contributed by atoms with E-state index in [1.165, 1.54) is 33.6 Å². The summed E-state index contributed by atoms with van der Waals surface area (Å²) < 4.78 is 3.80. The Hall–Kier alpha value is -1.67. The van der Waals surface area contributed by atoms with Crippen molar-refractivity contribution in [3.8, 4) is 0 Å². The molecular formula is C10H7N3O3S2. The van der Waals surface area contributed by atoms with Crippen LogP contribution in [0.4, 0.5) is 0 Å². The van der Waals surface area contributed by atoms with Crippen molar-refractivity contribution in [1.29, 1.82) is 0 Å². The predicted molar refractivity (Wildman–Crippen MR) is 66.6 cm³/mol. The molecule has 18 heavy (non-hydrogen) atoms. The minimum atomic E-state index is -1.08. The molecule has 6 nitrogen and oxygen atoms in total. The van der Waals surface area contributed by atoms with E-state index in [1.807, 2.05) is 6.92 Å². The summed E-state index contributed by atoms with van der Waals surface area (Å²) >= 11 is 2.55. The number of aromatic nitrogens is 2. The Morgan fingerprint density at radius 3 is 3.00 bits per heavy atom. The van der Waals surface area contributed by atoms with Crippen LogP contribution < -0.4 is 0 Å². The maximum Gasteiger partial charge on any atom is 0.353 e. The van der Waals surface area contributed by atoms with Gasteiger partial charge >= 0.3 is 5.97 Å². The number of amides is 1. The number of carboxylic acid groups (broad SMARTS) is 1. The molecule has 0 aliphatic carbocycles. The van der Waals surface area contributed by atoms with Gasteiger partial charge < -0.3 is 5.11 Å². The molecular weight excluding hydrogens is 274 g/mol. The van der Waals surface area contributed by atoms with Crippen molar-refractivity contribution in [3.05, 3.63) is 27.2 Å². The number of nitrogens with zero attached hydrogens (tertiary/aromatic N) is 3. The molecule has 0 unspecified atom stereocenters. The Morgan fingerprint density at radius 1 is 1.61 bits per heavy atom. The van der Waals surface area contributed by atoms with Crippen LogP contribution in [0, 0.1) is 6.92 Å². The normalized spacial score (nSPS) is 23.9. The van der Waals surface area contributed by atoms with Gasteiger partial charge in [0.25, 0.3) is 5.91 Å². The molecule has 3 heterocycles. The number of fused-ring (bicyclic) bond motifs is 1. The highest BCUT2D eigenvalue weighted by molar-refractivity contribution is 8.03. The summed E-state index contributed by atoms with van der Waals surface area (Å²) in [5.74, 6) is -1.33. The second-order valence-electron chi connectivity index (χ2n) is 3.79. The fourth-order valence-electron chi connectivity index (χ4n) is 1.78. The van der Waals surface area contributed by atoms with Crippen molar-refractivity contribution in [1.82, 2.24) is 14.5 Å². The number of β-lactam (4-membered cyclic amide) rings is 1.